The van der Waals surface area contributed by atoms with E-state index in [1.807, 2.05) is 29.6 Å². The predicted octanol–water partition coefficient (Wildman–Crippen LogP) is 3.72. The maximum Gasteiger partial charge on any atom is 0.270 e. The second kappa shape index (κ2) is 9.36. The molecule has 0 unspecified atom stereocenters. The van der Waals surface area contributed by atoms with Crippen LogP contribution in [0.2, 0.25) is 0 Å². The van der Waals surface area contributed by atoms with E-state index in [0.29, 0.717) is 6.54 Å². The van der Waals surface area contributed by atoms with Crippen LogP contribution in [0.15, 0.2) is 60.0 Å². The maximum absolute atomic E-state index is 11.0. The summed E-state index contributed by atoms with van der Waals surface area (Å²) in [6.45, 7) is 3.02. The highest BCUT2D eigenvalue weighted by molar-refractivity contribution is 7.13. The Morgan fingerprint density at radius 1 is 1.11 bits per heavy atom. The smallest absolute Gasteiger partial charge is 0.270 e. The van der Waals surface area contributed by atoms with Crippen molar-refractivity contribution in [2.45, 2.75) is 13.0 Å². The Morgan fingerprint density at radius 2 is 1.93 bits per heavy atom. The minimum Gasteiger partial charge on any atom is -0.329 e. The molecule has 0 atom stereocenters. The Balaban J connectivity index is 1.67. The third kappa shape index (κ3) is 5.43. The second-order valence-electron chi connectivity index (χ2n) is 6.25. The number of nitrogens with zero attached hydrogens (tertiary/aromatic N) is 3. The quantitative estimate of drug-likeness (QED) is 0.450. The van der Waals surface area contributed by atoms with E-state index in [1.54, 1.807) is 12.1 Å². The van der Waals surface area contributed by atoms with Gasteiger partial charge < -0.3 is 5.73 Å². The van der Waals surface area contributed by atoms with Crippen LogP contribution in [0.3, 0.4) is 0 Å². The molecule has 7 heteroatoms. The lowest BCUT2D eigenvalue weighted by atomic mass is 10.1. The van der Waals surface area contributed by atoms with Gasteiger partial charge in [-0.15, -0.1) is 11.3 Å². The zero-order valence-corrected chi connectivity index (χ0v) is 15.8. The molecule has 0 fully saturated rings. The molecule has 3 aromatic rings. The van der Waals surface area contributed by atoms with Crippen molar-refractivity contribution in [2.75, 3.05) is 19.6 Å². The molecule has 6 nitrogen and oxygen atoms in total. The van der Waals surface area contributed by atoms with E-state index in [2.05, 4.69) is 22.0 Å². The molecule has 1 aromatic heterocycles. The van der Waals surface area contributed by atoms with E-state index >= 15 is 0 Å². The van der Waals surface area contributed by atoms with Gasteiger partial charge in [0, 0.05) is 49.3 Å². The average Bonchev–Trinajstić information content (AvgIpc) is 3.16. The van der Waals surface area contributed by atoms with Gasteiger partial charge in [-0.1, -0.05) is 42.5 Å². The van der Waals surface area contributed by atoms with Crippen LogP contribution in [0.4, 0.5) is 5.69 Å². The minimum absolute atomic E-state index is 0.0804. The van der Waals surface area contributed by atoms with Gasteiger partial charge in [0.2, 0.25) is 0 Å². The number of rotatable bonds is 9. The fraction of sp³-hybridized carbons (Fsp3) is 0.250. The summed E-state index contributed by atoms with van der Waals surface area (Å²) in [6, 6.07) is 17.0. The van der Waals surface area contributed by atoms with Crippen molar-refractivity contribution in [3.8, 4) is 10.6 Å². The normalized spacial score (nSPS) is 11.0. The van der Waals surface area contributed by atoms with Crippen molar-refractivity contribution >= 4 is 17.0 Å². The molecule has 0 aliphatic rings. The van der Waals surface area contributed by atoms with Crippen molar-refractivity contribution in [3.05, 3.63) is 81.3 Å². The number of nitrogens with two attached hydrogens (primary N) is 1. The number of non-ortho nitro benzene ring substituents is 1. The van der Waals surface area contributed by atoms with Crippen LogP contribution < -0.4 is 5.73 Å². The Hall–Kier alpha value is -2.61. The lowest BCUT2D eigenvalue weighted by Crippen LogP contribution is -2.31. The SMILES string of the molecule is NCCN(CCc1ccccc1)Cc1csc(-c2cccc([N+](=O)[O-])c2)n1. The van der Waals surface area contributed by atoms with Crippen LogP contribution in [0.5, 0.6) is 0 Å². The molecule has 1 heterocycles. The summed E-state index contributed by atoms with van der Waals surface area (Å²) in [6.07, 6.45) is 0.961. The van der Waals surface area contributed by atoms with E-state index < -0.39 is 0 Å². The first-order valence-electron chi connectivity index (χ1n) is 8.81. The van der Waals surface area contributed by atoms with Gasteiger partial charge in [0.05, 0.1) is 10.6 Å². The topological polar surface area (TPSA) is 85.3 Å². The number of thiazole rings is 1. The molecule has 140 valence electrons. The van der Waals surface area contributed by atoms with Gasteiger partial charge in [-0.05, 0) is 12.0 Å². The van der Waals surface area contributed by atoms with E-state index in [1.165, 1.54) is 23.0 Å². The summed E-state index contributed by atoms with van der Waals surface area (Å²) in [5, 5.41) is 13.8. The summed E-state index contributed by atoms with van der Waals surface area (Å²) in [7, 11) is 0. The van der Waals surface area contributed by atoms with Crippen LogP contribution in [0, 0.1) is 10.1 Å². The Kier molecular flexibility index (Phi) is 6.64. The first-order chi connectivity index (χ1) is 13.2. The molecule has 0 saturated heterocycles. The molecule has 2 aromatic carbocycles. The van der Waals surface area contributed by atoms with Crippen LogP contribution >= 0.6 is 11.3 Å². The monoisotopic (exact) mass is 382 g/mol. The minimum atomic E-state index is -0.384. The Morgan fingerprint density at radius 3 is 2.67 bits per heavy atom. The maximum atomic E-state index is 11.0. The van der Waals surface area contributed by atoms with Crippen LogP contribution in [-0.2, 0) is 13.0 Å². The van der Waals surface area contributed by atoms with Gasteiger partial charge in [0.1, 0.15) is 5.01 Å². The highest BCUT2D eigenvalue weighted by atomic mass is 32.1. The Bertz CT molecular complexity index is 882. The van der Waals surface area contributed by atoms with Gasteiger partial charge in [-0.2, -0.15) is 0 Å². The number of hydrogen-bond acceptors (Lipinski definition) is 6. The molecule has 2 N–H and O–H groups in total. The van der Waals surface area contributed by atoms with Gasteiger partial charge in [-0.3, -0.25) is 15.0 Å². The summed E-state index contributed by atoms with van der Waals surface area (Å²) in [5.74, 6) is 0. The summed E-state index contributed by atoms with van der Waals surface area (Å²) >= 11 is 1.51. The average molecular weight is 382 g/mol. The van der Waals surface area contributed by atoms with Gasteiger partial charge >= 0.3 is 0 Å². The molecule has 0 spiro atoms. The molecule has 0 aliphatic heterocycles. The molecule has 0 saturated carbocycles. The van der Waals surface area contributed by atoms with Gasteiger partial charge in [0.15, 0.2) is 0 Å². The predicted molar refractivity (Wildman–Crippen MR) is 109 cm³/mol. The Labute approximate surface area is 162 Å². The fourth-order valence-electron chi connectivity index (χ4n) is 2.88. The number of benzene rings is 2. The zero-order valence-electron chi connectivity index (χ0n) is 15.0. The van der Waals surface area contributed by atoms with Crippen molar-refractivity contribution in [2.24, 2.45) is 5.73 Å². The van der Waals surface area contributed by atoms with Crippen molar-refractivity contribution in [3.63, 3.8) is 0 Å². The van der Waals surface area contributed by atoms with Crippen molar-refractivity contribution in [1.29, 1.82) is 0 Å². The largest absolute Gasteiger partial charge is 0.329 e. The number of nitro groups is 1. The molecule has 27 heavy (non-hydrogen) atoms. The summed E-state index contributed by atoms with van der Waals surface area (Å²) < 4.78 is 0. The third-order valence-corrected chi connectivity index (χ3v) is 5.19. The molecular formula is C20H22N4O2S. The van der Waals surface area contributed by atoms with E-state index in [-0.39, 0.29) is 10.6 Å². The highest BCUT2D eigenvalue weighted by Crippen LogP contribution is 2.27. The third-order valence-electron chi connectivity index (χ3n) is 4.25. The number of nitro benzene ring substituents is 1. The fourth-order valence-corrected chi connectivity index (χ4v) is 3.69. The van der Waals surface area contributed by atoms with Crippen molar-refractivity contribution < 1.29 is 4.92 Å². The van der Waals surface area contributed by atoms with Crippen molar-refractivity contribution in [1.82, 2.24) is 9.88 Å². The first-order valence-corrected chi connectivity index (χ1v) is 9.69. The first kappa shape index (κ1) is 19.2. The summed E-state index contributed by atoms with van der Waals surface area (Å²) in [5.41, 5.74) is 8.89. The van der Waals surface area contributed by atoms with Crippen LogP contribution in [0.25, 0.3) is 10.6 Å². The molecule has 0 radical (unpaired) electrons. The number of hydrogen-bond donors (Lipinski definition) is 1. The van der Waals surface area contributed by atoms with E-state index in [4.69, 9.17) is 5.73 Å². The van der Waals surface area contributed by atoms with Crippen LogP contribution in [-0.4, -0.2) is 34.4 Å². The standard InChI is InChI=1S/C20H22N4O2S/c21-10-12-23(11-9-16-5-2-1-3-6-16)14-18-15-27-20(22-18)17-7-4-8-19(13-17)24(25)26/h1-8,13,15H,9-12,14,21H2. The zero-order chi connectivity index (χ0) is 19.1. The molecule has 3 rings (SSSR count). The van der Waals surface area contributed by atoms with Crippen LogP contribution in [0.1, 0.15) is 11.3 Å². The molecule has 0 amide bonds. The lowest BCUT2D eigenvalue weighted by Gasteiger charge is -2.20. The highest BCUT2D eigenvalue weighted by Gasteiger charge is 2.12. The van der Waals surface area contributed by atoms with Gasteiger partial charge in [0.25, 0.3) is 5.69 Å². The summed E-state index contributed by atoms with van der Waals surface area (Å²) in [4.78, 5) is 17.5. The number of aromatic nitrogens is 1. The van der Waals surface area contributed by atoms with Gasteiger partial charge in [-0.25, -0.2) is 4.98 Å². The lowest BCUT2D eigenvalue weighted by molar-refractivity contribution is -0.384. The van der Waals surface area contributed by atoms with E-state index in [9.17, 15) is 10.1 Å². The molecule has 0 bridgehead atoms. The molecular weight excluding hydrogens is 360 g/mol. The molecule has 0 aliphatic carbocycles. The second-order valence-corrected chi connectivity index (χ2v) is 7.11. The van der Waals surface area contributed by atoms with E-state index in [0.717, 1.165) is 42.3 Å².